The molecule has 0 aliphatic heterocycles. The van der Waals surface area contributed by atoms with Crippen molar-refractivity contribution in [2.75, 3.05) is 21.3 Å². The molecule has 2 heterocycles. The number of carbonyl (C=O) groups is 1. The van der Waals surface area contributed by atoms with E-state index in [4.69, 9.17) is 18.9 Å². The minimum atomic E-state index is -0.428. The fraction of sp³-hybridized carbons (Fsp3) is 0.150. The summed E-state index contributed by atoms with van der Waals surface area (Å²) in [6, 6.07) is 11.7. The van der Waals surface area contributed by atoms with E-state index in [0.29, 0.717) is 22.8 Å². The molecule has 0 atom stereocenters. The Labute approximate surface area is 172 Å². The van der Waals surface area contributed by atoms with Crippen LogP contribution in [-0.2, 0) is 0 Å². The van der Waals surface area contributed by atoms with Gasteiger partial charge in [0.1, 0.15) is 11.4 Å². The van der Waals surface area contributed by atoms with Gasteiger partial charge in [-0.2, -0.15) is 15.1 Å². The largest absolute Gasteiger partial charge is 0.496 e. The normalized spacial score (nSPS) is 10.5. The number of aromatic nitrogens is 3. The van der Waals surface area contributed by atoms with Crippen molar-refractivity contribution < 1.29 is 23.7 Å². The van der Waals surface area contributed by atoms with Gasteiger partial charge in [0.25, 0.3) is 5.91 Å². The number of nitrogens with zero attached hydrogens (tertiary/aromatic N) is 4. The smallest absolute Gasteiger partial charge is 0.328 e. The number of hydrazone groups is 1. The van der Waals surface area contributed by atoms with Crippen molar-refractivity contribution in [1.82, 2.24) is 20.4 Å². The summed E-state index contributed by atoms with van der Waals surface area (Å²) in [5.74, 6) is 0.891. The zero-order chi connectivity index (χ0) is 21.3. The summed E-state index contributed by atoms with van der Waals surface area (Å²) in [6.07, 6.45) is 2.91. The molecular weight excluding hydrogens is 390 g/mol. The second-order valence-corrected chi connectivity index (χ2v) is 5.62. The van der Waals surface area contributed by atoms with Crippen LogP contribution >= 0.6 is 0 Å². The molecule has 30 heavy (non-hydrogen) atoms. The van der Waals surface area contributed by atoms with Gasteiger partial charge >= 0.3 is 6.01 Å². The van der Waals surface area contributed by atoms with E-state index in [9.17, 15) is 4.79 Å². The van der Waals surface area contributed by atoms with Gasteiger partial charge in [-0.05, 0) is 24.3 Å². The predicted octanol–water partition coefficient (Wildman–Crippen LogP) is 2.45. The monoisotopic (exact) mass is 409 g/mol. The molecule has 0 bridgehead atoms. The molecule has 1 amide bonds. The maximum Gasteiger partial charge on any atom is 0.328 e. The van der Waals surface area contributed by atoms with E-state index >= 15 is 0 Å². The number of hydrogen-bond acceptors (Lipinski definition) is 9. The van der Waals surface area contributed by atoms with E-state index in [1.807, 2.05) is 0 Å². The number of ether oxygens (including phenoxy) is 4. The van der Waals surface area contributed by atoms with Crippen molar-refractivity contribution in [3.63, 3.8) is 0 Å². The van der Waals surface area contributed by atoms with Gasteiger partial charge < -0.3 is 18.9 Å². The average Bonchev–Trinajstić information content (AvgIpc) is 2.79. The highest BCUT2D eigenvalue weighted by atomic mass is 16.5. The molecule has 1 aromatic carbocycles. The second kappa shape index (κ2) is 9.82. The van der Waals surface area contributed by atoms with Crippen molar-refractivity contribution in [2.24, 2.45) is 5.10 Å². The topological polar surface area (TPSA) is 117 Å². The van der Waals surface area contributed by atoms with Gasteiger partial charge in [0.05, 0.1) is 39.2 Å². The fourth-order valence-corrected chi connectivity index (χ4v) is 2.37. The summed E-state index contributed by atoms with van der Waals surface area (Å²) in [4.78, 5) is 24.7. The van der Waals surface area contributed by atoms with Crippen molar-refractivity contribution in [1.29, 1.82) is 0 Å². The molecule has 0 aliphatic rings. The van der Waals surface area contributed by atoms with Crippen LogP contribution in [0, 0.1) is 0 Å². The molecule has 0 fully saturated rings. The van der Waals surface area contributed by atoms with Gasteiger partial charge in [0.2, 0.25) is 11.8 Å². The molecule has 0 radical (unpaired) electrons. The lowest BCUT2D eigenvalue weighted by Gasteiger charge is -2.09. The third-order valence-corrected chi connectivity index (χ3v) is 3.78. The number of rotatable bonds is 8. The second-order valence-electron chi connectivity index (χ2n) is 5.62. The Hall–Kier alpha value is -4.21. The molecule has 0 aliphatic carbocycles. The van der Waals surface area contributed by atoms with Gasteiger partial charge in [-0.25, -0.2) is 5.43 Å². The molecule has 0 saturated heterocycles. The summed E-state index contributed by atoms with van der Waals surface area (Å²) in [6.45, 7) is 0. The van der Waals surface area contributed by atoms with Crippen LogP contribution in [0.4, 0.5) is 0 Å². The number of benzene rings is 1. The van der Waals surface area contributed by atoms with Gasteiger partial charge in [-0.15, -0.1) is 0 Å². The van der Waals surface area contributed by atoms with E-state index in [1.54, 1.807) is 42.6 Å². The SMILES string of the molecule is COc1cc(OC)nc(Oc2cccnc2/C=N/NC(=O)c2ccccc2OC)n1. The van der Waals surface area contributed by atoms with Gasteiger partial charge in [0.15, 0.2) is 5.75 Å². The van der Waals surface area contributed by atoms with E-state index in [-0.39, 0.29) is 17.8 Å². The number of methoxy groups -OCH3 is 3. The number of pyridine rings is 1. The number of nitrogens with one attached hydrogen (secondary N) is 1. The summed E-state index contributed by atoms with van der Waals surface area (Å²) < 4.78 is 21.1. The van der Waals surface area contributed by atoms with Crippen LogP contribution in [0.3, 0.4) is 0 Å². The van der Waals surface area contributed by atoms with E-state index in [1.165, 1.54) is 33.6 Å². The quantitative estimate of drug-likeness (QED) is 0.445. The molecule has 10 nitrogen and oxygen atoms in total. The molecule has 3 aromatic rings. The fourth-order valence-electron chi connectivity index (χ4n) is 2.37. The molecule has 3 rings (SSSR count). The zero-order valence-corrected chi connectivity index (χ0v) is 16.5. The molecule has 0 spiro atoms. The van der Waals surface area contributed by atoms with Crippen LogP contribution in [0.15, 0.2) is 53.8 Å². The van der Waals surface area contributed by atoms with Crippen molar-refractivity contribution >= 4 is 12.1 Å². The third kappa shape index (κ3) is 4.98. The average molecular weight is 409 g/mol. The van der Waals surface area contributed by atoms with Crippen molar-refractivity contribution in [3.05, 3.63) is 59.9 Å². The predicted molar refractivity (Wildman–Crippen MR) is 108 cm³/mol. The summed E-state index contributed by atoms with van der Waals surface area (Å²) >= 11 is 0. The third-order valence-electron chi connectivity index (χ3n) is 3.78. The number of amides is 1. The molecule has 10 heteroatoms. The van der Waals surface area contributed by atoms with E-state index in [2.05, 4.69) is 25.5 Å². The van der Waals surface area contributed by atoms with Gasteiger partial charge in [-0.3, -0.25) is 9.78 Å². The van der Waals surface area contributed by atoms with Gasteiger partial charge in [0, 0.05) is 6.20 Å². The lowest BCUT2D eigenvalue weighted by Crippen LogP contribution is -2.18. The van der Waals surface area contributed by atoms with Crippen LogP contribution < -0.4 is 24.4 Å². The zero-order valence-electron chi connectivity index (χ0n) is 16.5. The van der Waals surface area contributed by atoms with Crippen molar-refractivity contribution in [3.8, 4) is 29.3 Å². The Morgan fingerprint density at radius 3 is 2.37 bits per heavy atom. The Morgan fingerprint density at radius 1 is 0.967 bits per heavy atom. The maximum absolute atomic E-state index is 12.3. The molecular formula is C20H19N5O5. The Balaban J connectivity index is 1.76. The number of carbonyl (C=O) groups excluding carboxylic acids is 1. The molecule has 0 unspecified atom stereocenters. The Bertz CT molecular complexity index is 1040. The first-order chi connectivity index (χ1) is 14.6. The first-order valence-corrected chi connectivity index (χ1v) is 8.71. The first kappa shape index (κ1) is 20.5. The van der Waals surface area contributed by atoms with Crippen LogP contribution in [0.2, 0.25) is 0 Å². The van der Waals surface area contributed by atoms with Gasteiger partial charge in [-0.1, -0.05) is 12.1 Å². The highest BCUT2D eigenvalue weighted by Gasteiger charge is 2.12. The number of hydrogen-bond donors (Lipinski definition) is 1. The summed E-state index contributed by atoms with van der Waals surface area (Å²) in [7, 11) is 4.43. The van der Waals surface area contributed by atoms with Crippen LogP contribution in [0.5, 0.6) is 29.3 Å². The van der Waals surface area contributed by atoms with Crippen molar-refractivity contribution in [2.45, 2.75) is 0 Å². The summed E-state index contributed by atoms with van der Waals surface area (Å²) in [5, 5.41) is 3.95. The first-order valence-electron chi connectivity index (χ1n) is 8.71. The highest BCUT2D eigenvalue weighted by molar-refractivity contribution is 5.97. The number of para-hydroxylation sites is 1. The Kier molecular flexibility index (Phi) is 6.72. The highest BCUT2D eigenvalue weighted by Crippen LogP contribution is 2.24. The minimum absolute atomic E-state index is 0.00640. The summed E-state index contributed by atoms with van der Waals surface area (Å²) in [5.41, 5.74) is 3.14. The molecule has 2 aromatic heterocycles. The molecule has 1 N–H and O–H groups in total. The molecule has 154 valence electrons. The lowest BCUT2D eigenvalue weighted by atomic mass is 10.2. The standard InChI is InChI=1S/C20H19N5O5/c1-27-15-8-5-4-7-13(15)19(26)25-22-12-14-16(9-6-10-21-14)30-20-23-17(28-2)11-18(24-20)29-3/h4-12H,1-3H3,(H,25,26)/b22-12+. The van der Waals surface area contributed by atoms with E-state index < -0.39 is 5.91 Å². The van der Waals surface area contributed by atoms with E-state index in [0.717, 1.165) is 0 Å². The lowest BCUT2D eigenvalue weighted by molar-refractivity contribution is 0.0952. The van der Waals surface area contributed by atoms with Crippen LogP contribution in [0.25, 0.3) is 0 Å². The maximum atomic E-state index is 12.3. The Morgan fingerprint density at radius 2 is 1.67 bits per heavy atom. The van der Waals surface area contributed by atoms with Crippen LogP contribution in [0.1, 0.15) is 16.1 Å². The van der Waals surface area contributed by atoms with Crippen LogP contribution in [-0.4, -0.2) is 48.4 Å². The molecule has 0 saturated carbocycles. The minimum Gasteiger partial charge on any atom is -0.496 e.